The number of carbonyl (C=O) groups is 3. The third kappa shape index (κ3) is 9.11. The van der Waals surface area contributed by atoms with Crippen molar-refractivity contribution in [1.82, 2.24) is 19.9 Å². The number of pyridine rings is 4. The summed E-state index contributed by atoms with van der Waals surface area (Å²) in [5, 5.41) is 3.57. The second-order valence-electron chi connectivity index (χ2n) is 17.3. The molecule has 10 nitrogen and oxygen atoms in total. The van der Waals surface area contributed by atoms with E-state index in [9.17, 15) is 14.4 Å². The molecule has 10 heteroatoms. The molecular weight excluding hydrogens is 909 g/mol. The summed E-state index contributed by atoms with van der Waals surface area (Å²) in [5.41, 5.74) is 9.51. The van der Waals surface area contributed by atoms with Gasteiger partial charge in [-0.3, -0.25) is 0 Å². The Bertz CT molecular complexity index is 3860. The first-order chi connectivity index (χ1) is 35.8. The summed E-state index contributed by atoms with van der Waals surface area (Å²) in [7, 11) is 0. The summed E-state index contributed by atoms with van der Waals surface area (Å²) < 4.78 is 17.0. The molecule has 346 valence electrons. The minimum Gasteiger partial charge on any atom is -0.423 e. The largest absolute Gasteiger partial charge is 0.423 e. The number of para-hydroxylation sites is 3. The first-order valence-corrected chi connectivity index (χ1v) is 23.4. The zero-order valence-electron chi connectivity index (χ0n) is 38.7. The predicted octanol–water partition coefficient (Wildman–Crippen LogP) is 14.2. The topological polar surface area (TPSA) is 130 Å². The van der Waals surface area contributed by atoms with E-state index in [-0.39, 0.29) is 0 Å². The van der Waals surface area contributed by atoms with Gasteiger partial charge in [-0.2, -0.15) is 0 Å². The summed E-state index contributed by atoms with van der Waals surface area (Å²) in [5.74, 6) is -0.0809. The van der Waals surface area contributed by atoms with Crippen LogP contribution in [0.4, 0.5) is 0 Å². The van der Waals surface area contributed by atoms with Gasteiger partial charge in [-0.05, 0) is 103 Å². The minimum absolute atomic E-state index is 0.309. The van der Waals surface area contributed by atoms with Crippen LogP contribution in [-0.2, 0) is 0 Å². The van der Waals surface area contributed by atoms with Crippen molar-refractivity contribution in [1.29, 1.82) is 0 Å². The van der Waals surface area contributed by atoms with Crippen LogP contribution in [-0.4, -0.2) is 37.8 Å². The highest BCUT2D eigenvalue weighted by molar-refractivity contribution is 6.06. The maximum absolute atomic E-state index is 14.0. The summed E-state index contributed by atoms with van der Waals surface area (Å²) >= 11 is 0. The molecule has 8 aromatic carbocycles. The van der Waals surface area contributed by atoms with E-state index in [2.05, 4.69) is 0 Å². The monoisotopic (exact) mass is 946 g/mol. The number of rotatable bonds is 10. The lowest BCUT2D eigenvalue weighted by Crippen LogP contribution is -2.09. The highest BCUT2D eigenvalue weighted by Gasteiger charge is 2.18. The molecule has 12 aromatic rings. The molecule has 0 unspecified atom stereocenters. The molecule has 0 aliphatic heterocycles. The van der Waals surface area contributed by atoms with Gasteiger partial charge in [-0.1, -0.05) is 127 Å². The van der Waals surface area contributed by atoms with Gasteiger partial charge in [0, 0.05) is 43.8 Å². The number of esters is 3. The Hall–Kier alpha value is -10.2. The van der Waals surface area contributed by atoms with E-state index >= 15 is 0 Å². The normalized spacial score (nSPS) is 11.2. The number of ether oxygens (including phenoxy) is 3. The van der Waals surface area contributed by atoms with Gasteiger partial charge in [0.1, 0.15) is 17.2 Å². The van der Waals surface area contributed by atoms with Gasteiger partial charge in [-0.15, -0.1) is 0 Å². The van der Waals surface area contributed by atoms with Crippen LogP contribution in [0.2, 0.25) is 0 Å². The molecule has 0 radical (unpaired) electrons. The molecule has 0 amide bonds. The molecule has 4 aromatic heterocycles. The highest BCUT2D eigenvalue weighted by Crippen LogP contribution is 2.34. The average Bonchev–Trinajstić information content (AvgIpc) is 3.45. The number of nitrogens with zero attached hydrogens (tertiary/aromatic N) is 4. The van der Waals surface area contributed by atoms with Crippen molar-refractivity contribution in [3.05, 3.63) is 247 Å². The Morgan fingerprint density at radius 2 is 0.534 bits per heavy atom. The van der Waals surface area contributed by atoms with E-state index < -0.39 is 17.9 Å². The van der Waals surface area contributed by atoms with Crippen molar-refractivity contribution in [3.63, 3.8) is 0 Å². The average molecular weight is 947 g/mol. The molecule has 0 bridgehead atoms. The van der Waals surface area contributed by atoms with Gasteiger partial charge >= 0.3 is 17.9 Å². The van der Waals surface area contributed by atoms with Crippen LogP contribution in [0.15, 0.2) is 231 Å². The van der Waals surface area contributed by atoms with E-state index in [1.54, 1.807) is 72.8 Å². The first kappa shape index (κ1) is 44.0. The van der Waals surface area contributed by atoms with Gasteiger partial charge in [0.2, 0.25) is 0 Å². The Morgan fingerprint density at radius 1 is 0.260 bits per heavy atom. The van der Waals surface area contributed by atoms with E-state index in [0.717, 1.165) is 32.7 Å². The number of fused-ring (bicyclic) bond motifs is 6. The molecule has 0 aliphatic rings. The fraction of sp³-hybridized carbons (Fsp3) is 0. The van der Waals surface area contributed by atoms with Crippen LogP contribution in [0.3, 0.4) is 0 Å². The van der Waals surface area contributed by atoms with Crippen LogP contribution < -0.4 is 14.2 Å². The molecule has 0 atom stereocenters. The van der Waals surface area contributed by atoms with Crippen molar-refractivity contribution in [3.8, 4) is 62.3 Å². The Balaban J connectivity index is 0.908. The van der Waals surface area contributed by atoms with Gasteiger partial charge < -0.3 is 14.2 Å². The smallest absolute Gasteiger partial charge is 0.343 e. The number of aromatic nitrogens is 4. The first-order valence-electron chi connectivity index (χ1n) is 23.4. The second-order valence-corrected chi connectivity index (χ2v) is 17.3. The SMILES string of the molecule is O=C(Oc1ccccc1)c1ccc(-c2ccc3ccc4ccc(-c5cc(C(=O)Oc6ccccc6)cc(-c6ccc7ccc8ccc(-c9ccc(C(=O)Oc%10ccccc%10)cc9)nc8c7n6)c5)nc4c3n2)cc1. The lowest BCUT2D eigenvalue weighted by molar-refractivity contribution is 0.0725. The van der Waals surface area contributed by atoms with E-state index in [1.807, 2.05) is 158 Å². The maximum Gasteiger partial charge on any atom is 0.343 e. The summed E-state index contributed by atoms with van der Waals surface area (Å²) in [4.78, 5) is 60.6. The third-order valence-electron chi connectivity index (χ3n) is 12.5. The fourth-order valence-electron chi connectivity index (χ4n) is 8.74. The van der Waals surface area contributed by atoms with Gasteiger partial charge in [0.05, 0.1) is 61.5 Å². The fourth-order valence-corrected chi connectivity index (χ4v) is 8.74. The molecular formula is C63H38N4O6. The lowest BCUT2D eigenvalue weighted by atomic mass is 9.99. The minimum atomic E-state index is -0.539. The summed E-state index contributed by atoms with van der Waals surface area (Å²) in [6.07, 6.45) is 0. The molecule has 0 saturated heterocycles. The lowest BCUT2D eigenvalue weighted by Gasteiger charge is -2.12. The van der Waals surface area contributed by atoms with Crippen LogP contribution >= 0.6 is 0 Å². The standard InChI is InChI=1S/C63H38N4O6/c68-61(71-50-10-4-1-5-11-50)45-24-16-39(17-25-45)53-32-28-41-20-22-43-30-34-55(66-59(43)57(41)64-53)47-36-48(38-49(37-47)63(70)73-52-14-8-3-9-15-52)56-35-31-44-23-21-42-29-33-54(65-58(42)60(44)67-56)40-18-26-46(27-19-40)62(69)72-51-12-6-2-7-13-51/h1-38H. The predicted molar refractivity (Wildman–Crippen MR) is 284 cm³/mol. The number of hydrogen-bond acceptors (Lipinski definition) is 10. The van der Waals surface area contributed by atoms with Crippen LogP contribution in [0, 0.1) is 0 Å². The molecule has 0 saturated carbocycles. The van der Waals surface area contributed by atoms with Crippen molar-refractivity contribution < 1.29 is 28.6 Å². The van der Waals surface area contributed by atoms with Crippen molar-refractivity contribution >= 4 is 61.5 Å². The highest BCUT2D eigenvalue weighted by atomic mass is 16.5. The van der Waals surface area contributed by atoms with Crippen LogP contribution in [0.25, 0.3) is 88.6 Å². The van der Waals surface area contributed by atoms with Gasteiger partial charge in [-0.25, -0.2) is 34.3 Å². The molecule has 12 rings (SSSR count). The molecule has 0 N–H and O–H groups in total. The Morgan fingerprint density at radius 3 is 0.849 bits per heavy atom. The molecule has 0 fully saturated rings. The molecule has 0 aliphatic carbocycles. The zero-order chi connectivity index (χ0) is 49.3. The van der Waals surface area contributed by atoms with Gasteiger partial charge in [0.25, 0.3) is 0 Å². The maximum atomic E-state index is 14.0. The Kier molecular flexibility index (Phi) is 11.4. The second kappa shape index (κ2) is 19.0. The Labute approximate surface area is 417 Å². The van der Waals surface area contributed by atoms with Crippen molar-refractivity contribution in [2.45, 2.75) is 0 Å². The number of benzene rings is 8. The molecule has 0 spiro atoms. The van der Waals surface area contributed by atoms with E-state index in [0.29, 0.717) is 89.9 Å². The van der Waals surface area contributed by atoms with Gasteiger partial charge in [0.15, 0.2) is 0 Å². The van der Waals surface area contributed by atoms with Crippen molar-refractivity contribution in [2.75, 3.05) is 0 Å². The summed E-state index contributed by atoms with van der Waals surface area (Å²) in [6, 6.07) is 70.6. The number of hydrogen-bond donors (Lipinski definition) is 0. The summed E-state index contributed by atoms with van der Waals surface area (Å²) in [6.45, 7) is 0. The van der Waals surface area contributed by atoms with E-state index in [1.165, 1.54) is 0 Å². The molecule has 4 heterocycles. The zero-order valence-corrected chi connectivity index (χ0v) is 38.7. The number of carbonyl (C=O) groups excluding carboxylic acids is 3. The van der Waals surface area contributed by atoms with Crippen LogP contribution in [0.1, 0.15) is 31.1 Å². The third-order valence-corrected chi connectivity index (χ3v) is 12.5. The van der Waals surface area contributed by atoms with Crippen molar-refractivity contribution in [2.24, 2.45) is 0 Å². The van der Waals surface area contributed by atoms with E-state index in [4.69, 9.17) is 34.1 Å². The van der Waals surface area contributed by atoms with Crippen LogP contribution in [0.5, 0.6) is 17.2 Å². The quantitative estimate of drug-likeness (QED) is 0.0742. The molecule has 73 heavy (non-hydrogen) atoms.